The Kier molecular flexibility index (Phi) is 4.05. The summed E-state index contributed by atoms with van der Waals surface area (Å²) in [6.07, 6.45) is 2.85. The Bertz CT molecular complexity index is 997. The zero-order chi connectivity index (χ0) is 19.3. The van der Waals surface area contributed by atoms with Gasteiger partial charge in [0, 0.05) is 24.9 Å². The number of carbonyl (C=O) groups is 2. The number of hydrogen-bond donors (Lipinski definition) is 0. The van der Waals surface area contributed by atoms with E-state index in [9.17, 15) is 9.59 Å². The van der Waals surface area contributed by atoms with E-state index < -0.39 is 5.92 Å². The van der Waals surface area contributed by atoms with Crippen molar-refractivity contribution in [3.8, 4) is 0 Å². The van der Waals surface area contributed by atoms with Crippen molar-refractivity contribution in [2.24, 2.45) is 5.92 Å². The summed E-state index contributed by atoms with van der Waals surface area (Å²) in [5.74, 6) is -0.794. The largest absolute Gasteiger partial charge is 0.383 e. The first-order valence-corrected chi connectivity index (χ1v) is 9.70. The first kappa shape index (κ1) is 17.2. The van der Waals surface area contributed by atoms with Crippen LogP contribution in [0.4, 0.5) is 5.69 Å². The van der Waals surface area contributed by atoms with Gasteiger partial charge in [-0.25, -0.2) is 0 Å². The second-order valence-electron chi connectivity index (χ2n) is 7.51. The Hall–Kier alpha value is -2.92. The van der Waals surface area contributed by atoms with E-state index in [4.69, 9.17) is 4.74 Å². The maximum Gasteiger partial charge on any atom is 0.257 e. The van der Waals surface area contributed by atoms with Crippen LogP contribution in [0, 0.1) is 5.92 Å². The number of methoxy groups -OCH3 is 1. The number of anilines is 1. The molecule has 2 unspecified atom stereocenters. The van der Waals surface area contributed by atoms with Crippen LogP contribution in [0.25, 0.3) is 6.08 Å². The van der Waals surface area contributed by atoms with Crippen molar-refractivity contribution in [1.29, 1.82) is 0 Å². The molecule has 3 aliphatic rings. The van der Waals surface area contributed by atoms with Gasteiger partial charge in [0.15, 0.2) is 0 Å². The van der Waals surface area contributed by atoms with Crippen LogP contribution < -0.4 is 4.90 Å². The smallest absolute Gasteiger partial charge is 0.257 e. The number of imide groups is 1. The standard InChI is InChI=1S/C23H22N2O3/c1-28-13-12-25-22(26)18-14-16-7-3-5-9-19(16)24-11-10-15-6-2-4-8-17(15)21(24)20(18)23(25)27/h2-9,14,20-21H,10-13H2,1H3. The van der Waals surface area contributed by atoms with E-state index >= 15 is 0 Å². The van der Waals surface area contributed by atoms with Crippen LogP contribution >= 0.6 is 0 Å². The number of ether oxygens (including phenoxy) is 1. The summed E-state index contributed by atoms with van der Waals surface area (Å²) in [5, 5.41) is 0. The molecule has 2 amide bonds. The average Bonchev–Trinajstić information content (AvgIpc) is 2.87. The number of hydrogen-bond acceptors (Lipinski definition) is 4. The van der Waals surface area contributed by atoms with Crippen LogP contribution in [0.2, 0.25) is 0 Å². The van der Waals surface area contributed by atoms with Gasteiger partial charge in [0.2, 0.25) is 5.91 Å². The van der Waals surface area contributed by atoms with Gasteiger partial charge in [-0.05, 0) is 35.3 Å². The fraction of sp³-hybridized carbons (Fsp3) is 0.304. The molecule has 0 saturated carbocycles. The van der Waals surface area contributed by atoms with Gasteiger partial charge < -0.3 is 9.64 Å². The maximum absolute atomic E-state index is 13.4. The zero-order valence-electron chi connectivity index (χ0n) is 15.8. The molecule has 2 aromatic carbocycles. The molecule has 3 aliphatic heterocycles. The Morgan fingerprint density at radius 3 is 2.71 bits per heavy atom. The molecule has 0 bridgehead atoms. The summed E-state index contributed by atoms with van der Waals surface area (Å²) in [7, 11) is 1.58. The quantitative estimate of drug-likeness (QED) is 0.776. The van der Waals surface area contributed by atoms with Crippen molar-refractivity contribution >= 4 is 23.6 Å². The number of amides is 2. The van der Waals surface area contributed by atoms with Crippen molar-refractivity contribution < 1.29 is 14.3 Å². The van der Waals surface area contributed by atoms with Gasteiger partial charge in [-0.1, -0.05) is 42.5 Å². The van der Waals surface area contributed by atoms with E-state index in [1.165, 1.54) is 10.5 Å². The Labute approximate surface area is 164 Å². The molecule has 1 saturated heterocycles. The fourth-order valence-electron chi connectivity index (χ4n) is 4.81. The SMILES string of the molecule is COCCN1C(=O)C2=Cc3ccccc3N3CCc4ccccc4C3C2C1=O. The van der Waals surface area contributed by atoms with Gasteiger partial charge in [-0.15, -0.1) is 0 Å². The molecule has 2 aromatic rings. The highest BCUT2D eigenvalue weighted by Gasteiger charge is 2.51. The molecule has 5 heteroatoms. The number of nitrogens with zero attached hydrogens (tertiary/aromatic N) is 2. The molecule has 3 heterocycles. The monoisotopic (exact) mass is 374 g/mol. The highest BCUT2D eigenvalue weighted by Crippen LogP contribution is 2.48. The molecule has 5 rings (SSSR count). The number of benzene rings is 2. The van der Waals surface area contributed by atoms with Gasteiger partial charge in [0.1, 0.15) is 0 Å². The van der Waals surface area contributed by atoms with E-state index in [1.807, 2.05) is 36.4 Å². The van der Waals surface area contributed by atoms with Crippen LogP contribution in [-0.2, 0) is 20.7 Å². The molecule has 142 valence electrons. The molecule has 28 heavy (non-hydrogen) atoms. The number of rotatable bonds is 3. The molecule has 2 atom stereocenters. The maximum atomic E-state index is 13.4. The predicted octanol–water partition coefficient (Wildman–Crippen LogP) is 2.82. The summed E-state index contributed by atoms with van der Waals surface area (Å²) in [6, 6.07) is 16.3. The van der Waals surface area contributed by atoms with Crippen LogP contribution in [0.1, 0.15) is 22.7 Å². The van der Waals surface area contributed by atoms with Crippen LogP contribution in [0.3, 0.4) is 0 Å². The number of likely N-dealkylation sites (tertiary alicyclic amines) is 1. The van der Waals surface area contributed by atoms with Crippen LogP contribution in [0.5, 0.6) is 0 Å². The third-order valence-corrected chi connectivity index (χ3v) is 6.08. The Morgan fingerprint density at radius 2 is 1.86 bits per heavy atom. The van der Waals surface area contributed by atoms with Crippen molar-refractivity contribution in [1.82, 2.24) is 4.90 Å². The molecule has 0 N–H and O–H groups in total. The normalized spacial score (nSPS) is 22.8. The van der Waals surface area contributed by atoms with E-state index in [0.29, 0.717) is 12.2 Å². The van der Waals surface area contributed by atoms with Gasteiger partial charge in [-0.3, -0.25) is 14.5 Å². The minimum atomic E-state index is -0.488. The molecular formula is C23H22N2O3. The van der Waals surface area contributed by atoms with Crippen molar-refractivity contribution in [2.45, 2.75) is 12.5 Å². The summed E-state index contributed by atoms with van der Waals surface area (Å²) >= 11 is 0. The van der Waals surface area contributed by atoms with Gasteiger partial charge in [-0.2, -0.15) is 0 Å². The number of para-hydroxylation sites is 1. The predicted molar refractivity (Wildman–Crippen MR) is 107 cm³/mol. The lowest BCUT2D eigenvalue weighted by molar-refractivity contribution is -0.139. The van der Waals surface area contributed by atoms with Crippen LogP contribution in [0.15, 0.2) is 54.1 Å². The average molecular weight is 374 g/mol. The minimum Gasteiger partial charge on any atom is -0.383 e. The van der Waals surface area contributed by atoms with Gasteiger partial charge in [0.25, 0.3) is 5.91 Å². The van der Waals surface area contributed by atoms with Crippen molar-refractivity contribution in [3.63, 3.8) is 0 Å². The van der Waals surface area contributed by atoms with E-state index in [1.54, 1.807) is 7.11 Å². The molecule has 0 aromatic heterocycles. The highest BCUT2D eigenvalue weighted by atomic mass is 16.5. The number of carbonyl (C=O) groups excluding carboxylic acids is 2. The second-order valence-corrected chi connectivity index (χ2v) is 7.51. The molecule has 5 nitrogen and oxygen atoms in total. The summed E-state index contributed by atoms with van der Waals surface area (Å²) in [4.78, 5) is 30.3. The molecule has 1 fully saturated rings. The van der Waals surface area contributed by atoms with Crippen LogP contribution in [-0.4, -0.2) is 43.5 Å². The summed E-state index contributed by atoms with van der Waals surface area (Å²) < 4.78 is 5.12. The summed E-state index contributed by atoms with van der Waals surface area (Å²) in [6.45, 7) is 1.47. The third-order valence-electron chi connectivity index (χ3n) is 6.08. The number of fused-ring (bicyclic) bond motifs is 7. The van der Waals surface area contributed by atoms with E-state index in [0.717, 1.165) is 29.8 Å². The molecule has 0 spiro atoms. The zero-order valence-corrected chi connectivity index (χ0v) is 15.8. The van der Waals surface area contributed by atoms with Crippen molar-refractivity contribution in [3.05, 3.63) is 70.8 Å². The molecular weight excluding hydrogens is 352 g/mol. The molecule has 0 radical (unpaired) electrons. The highest BCUT2D eigenvalue weighted by molar-refractivity contribution is 6.18. The van der Waals surface area contributed by atoms with Gasteiger partial charge >= 0.3 is 0 Å². The Balaban J connectivity index is 1.71. The van der Waals surface area contributed by atoms with Gasteiger partial charge in [0.05, 0.1) is 25.1 Å². The van der Waals surface area contributed by atoms with E-state index in [2.05, 4.69) is 23.1 Å². The van der Waals surface area contributed by atoms with E-state index in [-0.39, 0.29) is 24.4 Å². The fourth-order valence-corrected chi connectivity index (χ4v) is 4.81. The first-order valence-electron chi connectivity index (χ1n) is 9.70. The minimum absolute atomic E-state index is 0.118. The lowest BCUT2D eigenvalue weighted by Crippen LogP contribution is -2.42. The third kappa shape index (κ3) is 2.43. The topological polar surface area (TPSA) is 49.9 Å². The lowest BCUT2D eigenvalue weighted by Gasteiger charge is -2.41. The second kappa shape index (κ2) is 6.60. The lowest BCUT2D eigenvalue weighted by atomic mass is 9.82. The molecule has 0 aliphatic carbocycles. The summed E-state index contributed by atoms with van der Waals surface area (Å²) in [5.41, 5.74) is 5.10. The van der Waals surface area contributed by atoms with Crippen molar-refractivity contribution in [2.75, 3.05) is 31.7 Å². The Morgan fingerprint density at radius 1 is 1.07 bits per heavy atom. The first-order chi connectivity index (χ1) is 13.7.